The van der Waals surface area contributed by atoms with Crippen LogP contribution in [-0.2, 0) is 0 Å². The smallest absolute Gasteiger partial charge is 0.0487 e. The van der Waals surface area contributed by atoms with Crippen LogP contribution in [0, 0.1) is 6.92 Å². The summed E-state index contributed by atoms with van der Waals surface area (Å²) in [4.78, 5) is 7.22. The highest BCUT2D eigenvalue weighted by atomic mass is 14.7. The van der Waals surface area contributed by atoms with Crippen LogP contribution in [0.4, 0.5) is 0 Å². The van der Waals surface area contributed by atoms with Crippen LogP contribution in [-0.4, -0.2) is 9.97 Å². The zero-order chi connectivity index (χ0) is 10.4. The Morgan fingerprint density at radius 3 is 2.64 bits per heavy atom. The molecule has 2 heterocycles. The van der Waals surface area contributed by atoms with E-state index in [-0.39, 0.29) is 1.43 Å². The normalized spacial score (nSPS) is 9.64. The molecule has 2 aromatic rings. The zero-order valence-electron chi connectivity index (χ0n) is 9.17. The molecule has 0 aromatic carbocycles. The molecule has 14 heavy (non-hydrogen) atoms. The summed E-state index contributed by atoms with van der Waals surface area (Å²) in [5, 5.41) is 1.18. The molecule has 0 aliphatic carbocycles. The van der Waals surface area contributed by atoms with Crippen molar-refractivity contribution in [3.8, 4) is 0 Å². The Hall–Kier alpha value is -1.31. The summed E-state index contributed by atoms with van der Waals surface area (Å²) in [6.45, 7) is 6.40. The summed E-state index contributed by atoms with van der Waals surface area (Å²) < 4.78 is 0. The number of nitrogens with one attached hydrogen (secondary N) is 1. The maximum Gasteiger partial charge on any atom is 0.0487 e. The average molecular weight is 192 g/mol. The molecule has 78 valence electrons. The van der Waals surface area contributed by atoms with Gasteiger partial charge >= 0.3 is 0 Å². The topological polar surface area (TPSA) is 28.7 Å². The lowest BCUT2D eigenvalue weighted by Gasteiger charge is -1.83. The molecule has 0 aliphatic rings. The zero-order valence-corrected chi connectivity index (χ0v) is 9.17. The van der Waals surface area contributed by atoms with Crippen molar-refractivity contribution < 1.29 is 1.43 Å². The van der Waals surface area contributed by atoms with Crippen LogP contribution in [0.5, 0.6) is 0 Å². The first kappa shape index (κ1) is 10.8. The summed E-state index contributed by atoms with van der Waals surface area (Å²) in [6, 6.07) is 4.06. The maximum absolute atomic E-state index is 4.01. The molecule has 0 bridgehead atoms. The van der Waals surface area contributed by atoms with E-state index in [1.165, 1.54) is 23.9 Å². The number of nitrogens with zero attached hydrogens (tertiary/aromatic N) is 1. The quantitative estimate of drug-likeness (QED) is 0.728. The van der Waals surface area contributed by atoms with E-state index in [4.69, 9.17) is 0 Å². The Bertz CT molecular complexity index is 347. The number of aromatic nitrogens is 2. The van der Waals surface area contributed by atoms with E-state index in [1.807, 2.05) is 19.2 Å². The Morgan fingerprint density at radius 1 is 1.36 bits per heavy atom. The van der Waals surface area contributed by atoms with E-state index >= 15 is 0 Å². The third-order valence-electron chi connectivity index (χ3n) is 2.06. The van der Waals surface area contributed by atoms with E-state index in [1.54, 1.807) is 6.20 Å². The number of H-pyrrole nitrogens is 1. The highest BCUT2D eigenvalue weighted by molar-refractivity contribution is 5.78. The second-order valence-electron chi connectivity index (χ2n) is 3.42. The number of rotatable bonds is 1. The van der Waals surface area contributed by atoms with Crippen LogP contribution in [0.1, 0.15) is 33.8 Å². The molecular weight excluding hydrogens is 172 g/mol. The molecule has 0 saturated heterocycles. The Morgan fingerprint density at radius 2 is 2.07 bits per heavy atom. The molecule has 0 radical (unpaired) electrons. The summed E-state index contributed by atoms with van der Waals surface area (Å²) in [6.07, 6.45) is 6.29. The predicted molar refractivity (Wildman–Crippen MR) is 63.5 cm³/mol. The minimum absolute atomic E-state index is 0. The lowest BCUT2D eigenvalue weighted by molar-refractivity contribution is 0.886. The molecule has 0 fully saturated rings. The maximum atomic E-state index is 4.01. The number of hydrogen-bond donors (Lipinski definition) is 1. The van der Waals surface area contributed by atoms with E-state index < -0.39 is 0 Å². The van der Waals surface area contributed by atoms with Crippen molar-refractivity contribution in [2.45, 2.75) is 33.6 Å². The fourth-order valence-corrected chi connectivity index (χ4v) is 1.12. The molecule has 0 atom stereocenters. The molecule has 0 saturated carbocycles. The van der Waals surface area contributed by atoms with E-state index in [0.29, 0.717) is 0 Å². The fourth-order valence-electron chi connectivity index (χ4n) is 1.12. The third kappa shape index (κ3) is 2.87. The van der Waals surface area contributed by atoms with Crippen LogP contribution in [0.25, 0.3) is 10.9 Å². The Kier molecular flexibility index (Phi) is 4.17. The standard InChI is InChI=1S/C8H8N2.C4H10.H2/c1-6-4-7-5-9-3-2-8(7)10-6;1-3-4-2;/h2-5,10H,1H3;3-4H2,1-2H3;1H. The molecule has 0 aliphatic heterocycles. The van der Waals surface area contributed by atoms with Gasteiger partial charge in [-0.05, 0) is 19.1 Å². The van der Waals surface area contributed by atoms with Crippen molar-refractivity contribution in [3.05, 3.63) is 30.2 Å². The highest BCUT2D eigenvalue weighted by Gasteiger charge is 1.93. The second kappa shape index (κ2) is 5.43. The van der Waals surface area contributed by atoms with E-state index in [9.17, 15) is 0 Å². The molecule has 0 amide bonds. The summed E-state index contributed by atoms with van der Waals surface area (Å²) in [5.74, 6) is 0. The monoisotopic (exact) mass is 192 g/mol. The second-order valence-corrected chi connectivity index (χ2v) is 3.42. The van der Waals surface area contributed by atoms with Crippen molar-refractivity contribution >= 4 is 10.9 Å². The van der Waals surface area contributed by atoms with Crippen molar-refractivity contribution in [2.75, 3.05) is 0 Å². The van der Waals surface area contributed by atoms with Gasteiger partial charge in [0.05, 0.1) is 0 Å². The van der Waals surface area contributed by atoms with Gasteiger partial charge in [0.25, 0.3) is 0 Å². The molecular formula is C12H20N2. The van der Waals surface area contributed by atoms with Gasteiger partial charge in [-0.2, -0.15) is 0 Å². The average Bonchev–Trinajstić information content (AvgIpc) is 2.58. The van der Waals surface area contributed by atoms with Gasteiger partial charge in [-0.3, -0.25) is 4.98 Å². The molecule has 1 N–H and O–H groups in total. The summed E-state index contributed by atoms with van der Waals surface area (Å²) in [5.41, 5.74) is 2.34. The van der Waals surface area contributed by atoms with Crippen molar-refractivity contribution in [2.24, 2.45) is 0 Å². The van der Waals surface area contributed by atoms with Gasteiger partial charge in [-0.25, -0.2) is 0 Å². The predicted octanol–water partition coefficient (Wildman–Crippen LogP) is 3.92. The van der Waals surface area contributed by atoms with Crippen molar-refractivity contribution in [3.63, 3.8) is 0 Å². The number of aryl methyl sites for hydroxylation is 1. The fraction of sp³-hybridized carbons (Fsp3) is 0.417. The number of unbranched alkanes of at least 4 members (excludes halogenated alkanes) is 1. The van der Waals surface area contributed by atoms with Crippen LogP contribution >= 0.6 is 0 Å². The molecule has 2 heteroatoms. The summed E-state index contributed by atoms with van der Waals surface area (Å²) in [7, 11) is 0. The molecule has 2 nitrogen and oxygen atoms in total. The number of fused-ring (bicyclic) bond motifs is 1. The van der Waals surface area contributed by atoms with Gasteiger partial charge < -0.3 is 4.98 Å². The molecule has 0 unspecified atom stereocenters. The largest absolute Gasteiger partial charge is 0.359 e. The Balaban J connectivity index is 0.000000346. The Labute approximate surface area is 86.9 Å². The van der Waals surface area contributed by atoms with Gasteiger partial charge in [0.1, 0.15) is 0 Å². The van der Waals surface area contributed by atoms with Crippen molar-refractivity contribution in [1.82, 2.24) is 9.97 Å². The lowest BCUT2D eigenvalue weighted by Crippen LogP contribution is -1.68. The number of pyridine rings is 1. The lowest BCUT2D eigenvalue weighted by atomic mass is 10.3. The van der Waals surface area contributed by atoms with Gasteiger partial charge in [-0.1, -0.05) is 26.7 Å². The van der Waals surface area contributed by atoms with Crippen LogP contribution in [0.2, 0.25) is 0 Å². The first-order chi connectivity index (χ1) is 6.77. The number of aromatic amines is 1. The van der Waals surface area contributed by atoms with Crippen LogP contribution in [0.15, 0.2) is 24.5 Å². The van der Waals surface area contributed by atoms with Gasteiger partial charge in [0.15, 0.2) is 0 Å². The molecule has 0 spiro atoms. The third-order valence-corrected chi connectivity index (χ3v) is 2.06. The first-order valence-electron chi connectivity index (χ1n) is 5.17. The SMILES string of the molecule is CCCC.Cc1cc2cnccc2[nH]1.[HH]. The first-order valence-corrected chi connectivity index (χ1v) is 5.17. The van der Waals surface area contributed by atoms with Gasteiger partial charge in [-0.15, -0.1) is 0 Å². The minimum atomic E-state index is 0. The van der Waals surface area contributed by atoms with E-state index in [0.717, 1.165) is 5.52 Å². The number of hydrogen-bond acceptors (Lipinski definition) is 1. The summed E-state index contributed by atoms with van der Waals surface area (Å²) >= 11 is 0. The van der Waals surface area contributed by atoms with Gasteiger partial charge in [0.2, 0.25) is 0 Å². The van der Waals surface area contributed by atoms with E-state index in [2.05, 4.69) is 29.9 Å². The van der Waals surface area contributed by atoms with Gasteiger partial charge in [0, 0.05) is 30.4 Å². The molecule has 2 rings (SSSR count). The van der Waals surface area contributed by atoms with Crippen molar-refractivity contribution in [1.29, 1.82) is 0 Å². The van der Waals surface area contributed by atoms with Crippen LogP contribution < -0.4 is 0 Å². The molecule has 2 aromatic heterocycles. The minimum Gasteiger partial charge on any atom is -0.359 e. The highest BCUT2D eigenvalue weighted by Crippen LogP contribution is 2.11. The van der Waals surface area contributed by atoms with Crippen LogP contribution in [0.3, 0.4) is 0 Å².